The molecule has 2 nitrogen and oxygen atoms in total. The fourth-order valence-electron chi connectivity index (χ4n) is 2.08. The number of halogens is 2. The van der Waals surface area contributed by atoms with Crippen molar-refractivity contribution in [1.29, 1.82) is 0 Å². The lowest BCUT2D eigenvalue weighted by Crippen LogP contribution is -2.23. The third kappa shape index (κ3) is 5.33. The summed E-state index contributed by atoms with van der Waals surface area (Å²) < 4.78 is 6.05. The van der Waals surface area contributed by atoms with Gasteiger partial charge >= 0.3 is 0 Å². The van der Waals surface area contributed by atoms with Gasteiger partial charge in [-0.2, -0.15) is 0 Å². The molecule has 0 fully saturated rings. The Morgan fingerprint density at radius 3 is 2.43 bits per heavy atom. The number of likely N-dealkylation sites (N-methyl/N-ethyl adjacent to an activating group) is 1. The van der Waals surface area contributed by atoms with Gasteiger partial charge in [-0.3, -0.25) is 0 Å². The van der Waals surface area contributed by atoms with E-state index in [1.807, 2.05) is 48.5 Å². The molecule has 0 spiro atoms. The molecule has 0 saturated carbocycles. The third-order valence-corrected chi connectivity index (χ3v) is 3.61. The van der Waals surface area contributed by atoms with Gasteiger partial charge < -0.3 is 10.1 Å². The van der Waals surface area contributed by atoms with Crippen LogP contribution in [0.1, 0.15) is 24.2 Å². The first kappa shape index (κ1) is 16.3. The van der Waals surface area contributed by atoms with Gasteiger partial charge in [0.05, 0.1) is 12.7 Å². The SMILES string of the molecule is CCNCC(OCc1cccc(Cl)c1)c1cccc(Cl)c1. The van der Waals surface area contributed by atoms with Crippen molar-refractivity contribution in [2.75, 3.05) is 13.1 Å². The molecule has 0 aliphatic carbocycles. The van der Waals surface area contributed by atoms with Crippen molar-refractivity contribution in [2.45, 2.75) is 19.6 Å². The second-order valence-electron chi connectivity index (χ2n) is 4.79. The Balaban J connectivity index is 2.06. The molecular formula is C17H19Cl2NO. The van der Waals surface area contributed by atoms with Gasteiger partial charge in [-0.25, -0.2) is 0 Å². The molecule has 0 amide bonds. The van der Waals surface area contributed by atoms with E-state index in [0.717, 1.165) is 34.3 Å². The normalized spacial score (nSPS) is 12.3. The number of rotatable bonds is 7. The van der Waals surface area contributed by atoms with Gasteiger partial charge in [-0.15, -0.1) is 0 Å². The maximum Gasteiger partial charge on any atom is 0.0954 e. The molecule has 0 aromatic heterocycles. The quantitative estimate of drug-likeness (QED) is 0.785. The second kappa shape index (κ2) is 8.40. The first-order chi connectivity index (χ1) is 10.2. The van der Waals surface area contributed by atoms with Crippen LogP contribution in [0.4, 0.5) is 0 Å². The molecule has 0 saturated heterocycles. The van der Waals surface area contributed by atoms with Crippen molar-refractivity contribution in [3.63, 3.8) is 0 Å². The Morgan fingerprint density at radius 2 is 1.76 bits per heavy atom. The number of hydrogen-bond acceptors (Lipinski definition) is 2. The van der Waals surface area contributed by atoms with E-state index in [-0.39, 0.29) is 6.10 Å². The zero-order valence-electron chi connectivity index (χ0n) is 12.0. The number of nitrogens with one attached hydrogen (secondary N) is 1. The highest BCUT2D eigenvalue weighted by molar-refractivity contribution is 6.30. The van der Waals surface area contributed by atoms with Crippen LogP contribution in [0, 0.1) is 0 Å². The summed E-state index contributed by atoms with van der Waals surface area (Å²) in [6.45, 7) is 4.24. The predicted molar refractivity (Wildman–Crippen MR) is 89.0 cm³/mol. The minimum atomic E-state index is -0.0392. The van der Waals surface area contributed by atoms with E-state index in [4.69, 9.17) is 27.9 Å². The zero-order chi connectivity index (χ0) is 15.1. The summed E-state index contributed by atoms with van der Waals surface area (Å²) in [4.78, 5) is 0. The predicted octanol–water partition coefficient (Wildman–Crippen LogP) is 4.86. The average molecular weight is 324 g/mol. The van der Waals surface area contributed by atoms with Gasteiger partial charge in [0.25, 0.3) is 0 Å². The van der Waals surface area contributed by atoms with Gasteiger partial charge in [0, 0.05) is 16.6 Å². The first-order valence-electron chi connectivity index (χ1n) is 7.01. The van der Waals surface area contributed by atoms with Gasteiger partial charge in [-0.1, -0.05) is 54.4 Å². The van der Waals surface area contributed by atoms with Gasteiger partial charge in [0.15, 0.2) is 0 Å². The van der Waals surface area contributed by atoms with E-state index in [1.165, 1.54) is 0 Å². The van der Waals surface area contributed by atoms with Crippen LogP contribution in [0.3, 0.4) is 0 Å². The van der Waals surface area contributed by atoms with E-state index < -0.39 is 0 Å². The molecule has 0 heterocycles. The lowest BCUT2D eigenvalue weighted by Gasteiger charge is -2.19. The van der Waals surface area contributed by atoms with Crippen LogP contribution < -0.4 is 5.32 Å². The summed E-state index contributed by atoms with van der Waals surface area (Å²) in [6.07, 6.45) is -0.0392. The lowest BCUT2D eigenvalue weighted by molar-refractivity contribution is 0.0402. The van der Waals surface area contributed by atoms with E-state index in [9.17, 15) is 0 Å². The summed E-state index contributed by atoms with van der Waals surface area (Å²) >= 11 is 12.1. The molecule has 21 heavy (non-hydrogen) atoms. The molecule has 1 atom stereocenters. The molecule has 1 unspecified atom stereocenters. The molecule has 0 aliphatic heterocycles. The Morgan fingerprint density at radius 1 is 1.05 bits per heavy atom. The van der Waals surface area contributed by atoms with Crippen molar-refractivity contribution in [2.24, 2.45) is 0 Å². The Hall–Kier alpha value is -1.06. The van der Waals surface area contributed by atoms with Gasteiger partial charge in [-0.05, 0) is 41.9 Å². The number of hydrogen-bond donors (Lipinski definition) is 1. The van der Waals surface area contributed by atoms with Crippen molar-refractivity contribution in [3.05, 3.63) is 69.7 Å². The topological polar surface area (TPSA) is 21.3 Å². The van der Waals surface area contributed by atoms with Crippen LogP contribution in [-0.4, -0.2) is 13.1 Å². The Bertz CT molecular complexity index is 574. The Labute approximate surface area is 136 Å². The molecule has 2 rings (SSSR count). The maximum atomic E-state index is 6.07. The minimum absolute atomic E-state index is 0.0392. The molecular weight excluding hydrogens is 305 g/mol. The zero-order valence-corrected chi connectivity index (χ0v) is 13.5. The maximum absolute atomic E-state index is 6.07. The van der Waals surface area contributed by atoms with Crippen LogP contribution >= 0.6 is 23.2 Å². The first-order valence-corrected chi connectivity index (χ1v) is 7.77. The average Bonchev–Trinajstić information content (AvgIpc) is 2.47. The minimum Gasteiger partial charge on any atom is -0.368 e. The van der Waals surface area contributed by atoms with Crippen LogP contribution in [0.2, 0.25) is 10.0 Å². The molecule has 0 bridgehead atoms. The van der Waals surface area contributed by atoms with Crippen LogP contribution in [-0.2, 0) is 11.3 Å². The standard InChI is InChI=1S/C17H19Cl2NO/c1-2-20-11-17(14-6-4-8-16(19)10-14)21-12-13-5-3-7-15(18)9-13/h3-10,17,20H,2,11-12H2,1H3. The van der Waals surface area contributed by atoms with E-state index >= 15 is 0 Å². The van der Waals surface area contributed by atoms with E-state index in [2.05, 4.69) is 12.2 Å². The smallest absolute Gasteiger partial charge is 0.0954 e. The Kier molecular flexibility index (Phi) is 6.52. The highest BCUT2D eigenvalue weighted by Gasteiger charge is 2.12. The van der Waals surface area contributed by atoms with E-state index in [0.29, 0.717) is 6.61 Å². The number of ether oxygens (including phenoxy) is 1. The monoisotopic (exact) mass is 323 g/mol. The lowest BCUT2D eigenvalue weighted by atomic mass is 10.1. The summed E-state index contributed by atoms with van der Waals surface area (Å²) in [5.41, 5.74) is 2.14. The van der Waals surface area contributed by atoms with Crippen molar-refractivity contribution in [3.8, 4) is 0 Å². The second-order valence-corrected chi connectivity index (χ2v) is 5.67. The summed E-state index contributed by atoms with van der Waals surface area (Å²) in [6, 6.07) is 15.5. The van der Waals surface area contributed by atoms with Crippen LogP contribution in [0.15, 0.2) is 48.5 Å². The molecule has 1 N–H and O–H groups in total. The molecule has 4 heteroatoms. The van der Waals surface area contributed by atoms with Crippen molar-refractivity contribution < 1.29 is 4.74 Å². The highest BCUT2D eigenvalue weighted by atomic mass is 35.5. The van der Waals surface area contributed by atoms with Gasteiger partial charge in [0.2, 0.25) is 0 Å². The largest absolute Gasteiger partial charge is 0.368 e. The molecule has 0 aliphatic rings. The van der Waals surface area contributed by atoms with Gasteiger partial charge in [0.1, 0.15) is 0 Å². The molecule has 2 aromatic carbocycles. The van der Waals surface area contributed by atoms with E-state index in [1.54, 1.807) is 0 Å². The third-order valence-electron chi connectivity index (χ3n) is 3.14. The fourth-order valence-corrected chi connectivity index (χ4v) is 2.49. The van der Waals surface area contributed by atoms with Crippen LogP contribution in [0.5, 0.6) is 0 Å². The van der Waals surface area contributed by atoms with Crippen LogP contribution in [0.25, 0.3) is 0 Å². The molecule has 112 valence electrons. The summed E-state index contributed by atoms with van der Waals surface area (Å²) in [7, 11) is 0. The molecule has 2 aromatic rings. The summed E-state index contributed by atoms with van der Waals surface area (Å²) in [5.74, 6) is 0. The molecule has 0 radical (unpaired) electrons. The number of benzene rings is 2. The van der Waals surface area contributed by atoms with Crippen molar-refractivity contribution in [1.82, 2.24) is 5.32 Å². The van der Waals surface area contributed by atoms with Crippen molar-refractivity contribution >= 4 is 23.2 Å². The highest BCUT2D eigenvalue weighted by Crippen LogP contribution is 2.22. The summed E-state index contributed by atoms with van der Waals surface area (Å²) in [5, 5.41) is 4.77. The fraction of sp³-hybridized carbons (Fsp3) is 0.294.